The molecule has 27 heavy (non-hydrogen) atoms. The van der Waals surface area contributed by atoms with Crippen molar-refractivity contribution in [2.45, 2.75) is 58.7 Å². The number of rotatable bonds is 4. The Labute approximate surface area is 157 Å². The summed E-state index contributed by atoms with van der Waals surface area (Å²) in [5, 5.41) is 0. The number of halogens is 4. The molecule has 0 unspecified atom stereocenters. The lowest BCUT2D eigenvalue weighted by atomic mass is 9.75. The largest absolute Gasteiger partial charge is 0.573 e. The summed E-state index contributed by atoms with van der Waals surface area (Å²) in [7, 11) is 0. The minimum Gasteiger partial charge on any atom is -0.406 e. The lowest BCUT2D eigenvalue weighted by molar-refractivity contribution is -0.274. The predicted octanol–water partition coefficient (Wildman–Crippen LogP) is 7.25. The van der Waals surface area contributed by atoms with Crippen molar-refractivity contribution in [2.75, 3.05) is 0 Å². The van der Waals surface area contributed by atoms with Crippen LogP contribution in [0.25, 0.3) is 11.1 Å². The van der Waals surface area contributed by atoms with Crippen LogP contribution in [0.5, 0.6) is 5.75 Å². The van der Waals surface area contributed by atoms with E-state index >= 15 is 0 Å². The molecular formula is C22H24F4O. The minimum atomic E-state index is -4.81. The van der Waals surface area contributed by atoms with E-state index in [4.69, 9.17) is 0 Å². The second-order valence-electron chi connectivity index (χ2n) is 7.90. The van der Waals surface area contributed by atoms with Gasteiger partial charge in [0.25, 0.3) is 0 Å². The van der Waals surface area contributed by atoms with Crippen molar-refractivity contribution in [1.29, 1.82) is 0 Å². The lowest BCUT2D eigenvalue weighted by Gasteiger charge is -2.30. The van der Waals surface area contributed by atoms with Gasteiger partial charge in [0.2, 0.25) is 0 Å². The number of hydrogen-bond acceptors (Lipinski definition) is 1. The van der Waals surface area contributed by atoms with Gasteiger partial charge in [0, 0.05) is 5.56 Å². The van der Waals surface area contributed by atoms with Crippen LogP contribution >= 0.6 is 0 Å². The molecule has 0 saturated heterocycles. The quantitative estimate of drug-likeness (QED) is 0.508. The van der Waals surface area contributed by atoms with Crippen molar-refractivity contribution in [1.82, 2.24) is 0 Å². The van der Waals surface area contributed by atoms with Crippen molar-refractivity contribution in [3.05, 3.63) is 53.3 Å². The van der Waals surface area contributed by atoms with Crippen LogP contribution in [0.15, 0.2) is 36.4 Å². The standard InChI is InChI=1S/C22H24F4O/c1-4-14-7-9-16(17(12-14)19-6-5-11-21(19,2)3)18-13-15(8-10-20(18)23)27-22(24,25)26/h7-10,12-13,19H,4-6,11H2,1-3H3/t19-/m0/s1. The third-order valence-corrected chi connectivity index (χ3v) is 5.62. The maximum Gasteiger partial charge on any atom is 0.573 e. The summed E-state index contributed by atoms with van der Waals surface area (Å²) in [4.78, 5) is 0. The molecule has 2 aromatic carbocycles. The van der Waals surface area contributed by atoms with E-state index in [0.29, 0.717) is 5.56 Å². The van der Waals surface area contributed by atoms with Gasteiger partial charge in [0.1, 0.15) is 11.6 Å². The molecule has 0 aromatic heterocycles. The maximum absolute atomic E-state index is 14.6. The van der Waals surface area contributed by atoms with E-state index in [0.717, 1.165) is 55.0 Å². The van der Waals surface area contributed by atoms with Crippen LogP contribution < -0.4 is 4.74 Å². The van der Waals surface area contributed by atoms with Gasteiger partial charge in [0.05, 0.1) is 0 Å². The van der Waals surface area contributed by atoms with E-state index in [1.54, 1.807) is 0 Å². The summed E-state index contributed by atoms with van der Waals surface area (Å²) in [5.41, 5.74) is 3.02. The topological polar surface area (TPSA) is 9.23 Å². The number of aryl methyl sites for hydroxylation is 1. The fourth-order valence-corrected chi connectivity index (χ4v) is 4.18. The molecule has 146 valence electrons. The SMILES string of the molecule is CCc1ccc(-c2cc(OC(F)(F)F)ccc2F)c([C@@H]2CCCC2(C)C)c1. The molecule has 1 nitrogen and oxygen atoms in total. The summed E-state index contributed by atoms with van der Waals surface area (Å²) in [5.74, 6) is -0.716. The van der Waals surface area contributed by atoms with Gasteiger partial charge >= 0.3 is 6.36 Å². The first kappa shape index (κ1) is 19.7. The van der Waals surface area contributed by atoms with Crippen LogP contribution in [0.1, 0.15) is 57.1 Å². The third-order valence-electron chi connectivity index (χ3n) is 5.62. The number of ether oxygens (including phenoxy) is 1. The Morgan fingerprint density at radius 1 is 1.07 bits per heavy atom. The zero-order valence-electron chi connectivity index (χ0n) is 15.8. The van der Waals surface area contributed by atoms with E-state index in [1.165, 1.54) is 0 Å². The highest BCUT2D eigenvalue weighted by molar-refractivity contribution is 5.71. The van der Waals surface area contributed by atoms with Gasteiger partial charge in [-0.25, -0.2) is 4.39 Å². The molecule has 1 aliphatic rings. The van der Waals surface area contributed by atoms with Crippen LogP contribution in [0.4, 0.5) is 17.6 Å². The van der Waals surface area contributed by atoms with Gasteiger partial charge in [-0.2, -0.15) is 0 Å². The Balaban J connectivity index is 2.13. The molecule has 2 aromatic rings. The molecule has 3 rings (SSSR count). The third kappa shape index (κ3) is 4.28. The average molecular weight is 380 g/mol. The summed E-state index contributed by atoms with van der Waals surface area (Å²) in [6.07, 6.45) is -0.800. The lowest BCUT2D eigenvalue weighted by Crippen LogP contribution is -2.17. The van der Waals surface area contributed by atoms with Gasteiger partial charge in [-0.15, -0.1) is 13.2 Å². The van der Waals surface area contributed by atoms with Crippen molar-refractivity contribution in [2.24, 2.45) is 5.41 Å². The van der Waals surface area contributed by atoms with Gasteiger partial charge < -0.3 is 4.74 Å². The molecule has 0 N–H and O–H groups in total. The average Bonchev–Trinajstić information content (AvgIpc) is 2.94. The molecule has 1 fully saturated rings. The first-order valence-electron chi connectivity index (χ1n) is 9.29. The normalized spacial score (nSPS) is 19.3. The van der Waals surface area contributed by atoms with Crippen LogP contribution in [-0.2, 0) is 6.42 Å². The monoisotopic (exact) mass is 380 g/mol. The van der Waals surface area contributed by atoms with Gasteiger partial charge in [-0.3, -0.25) is 0 Å². The Kier molecular flexibility index (Phi) is 5.24. The van der Waals surface area contributed by atoms with Gasteiger partial charge in [0.15, 0.2) is 0 Å². The fourth-order valence-electron chi connectivity index (χ4n) is 4.18. The zero-order valence-corrected chi connectivity index (χ0v) is 15.8. The summed E-state index contributed by atoms with van der Waals surface area (Å²) in [6, 6.07) is 9.02. The van der Waals surface area contributed by atoms with E-state index in [1.807, 2.05) is 12.1 Å². The molecule has 0 bridgehead atoms. The molecule has 1 saturated carbocycles. The highest BCUT2D eigenvalue weighted by Crippen LogP contribution is 2.51. The molecule has 0 spiro atoms. The molecule has 0 aliphatic heterocycles. The smallest absolute Gasteiger partial charge is 0.406 e. The molecule has 1 atom stereocenters. The predicted molar refractivity (Wildman–Crippen MR) is 98.3 cm³/mol. The maximum atomic E-state index is 14.6. The summed E-state index contributed by atoms with van der Waals surface area (Å²) >= 11 is 0. The summed E-state index contributed by atoms with van der Waals surface area (Å²) < 4.78 is 56.4. The first-order chi connectivity index (χ1) is 12.6. The van der Waals surface area contributed by atoms with Gasteiger partial charge in [-0.05, 0) is 65.5 Å². The van der Waals surface area contributed by atoms with Gasteiger partial charge in [-0.1, -0.05) is 45.4 Å². The van der Waals surface area contributed by atoms with Crippen LogP contribution in [0.3, 0.4) is 0 Å². The zero-order chi connectivity index (χ0) is 19.8. The number of hydrogen-bond donors (Lipinski definition) is 0. The highest BCUT2D eigenvalue weighted by Gasteiger charge is 2.37. The van der Waals surface area contributed by atoms with E-state index in [-0.39, 0.29) is 16.9 Å². The van der Waals surface area contributed by atoms with Crippen molar-refractivity contribution >= 4 is 0 Å². The number of alkyl halides is 3. The fraction of sp³-hybridized carbons (Fsp3) is 0.455. The first-order valence-corrected chi connectivity index (χ1v) is 9.29. The Morgan fingerprint density at radius 2 is 1.81 bits per heavy atom. The Hall–Kier alpha value is -2.04. The molecule has 5 heteroatoms. The van der Waals surface area contributed by atoms with Crippen LogP contribution in [0, 0.1) is 11.2 Å². The minimum absolute atomic E-state index is 0.0671. The second kappa shape index (κ2) is 7.17. The molecule has 0 amide bonds. The van der Waals surface area contributed by atoms with Crippen LogP contribution in [-0.4, -0.2) is 6.36 Å². The van der Waals surface area contributed by atoms with E-state index < -0.39 is 17.9 Å². The highest BCUT2D eigenvalue weighted by atomic mass is 19.4. The summed E-state index contributed by atoms with van der Waals surface area (Å²) in [6.45, 7) is 6.45. The number of benzene rings is 2. The van der Waals surface area contributed by atoms with Crippen molar-refractivity contribution in [3.8, 4) is 16.9 Å². The van der Waals surface area contributed by atoms with E-state index in [2.05, 4.69) is 31.6 Å². The molecule has 0 heterocycles. The second-order valence-corrected chi connectivity index (χ2v) is 7.90. The molecular weight excluding hydrogens is 356 g/mol. The Bertz CT molecular complexity index is 824. The Morgan fingerprint density at radius 3 is 2.41 bits per heavy atom. The van der Waals surface area contributed by atoms with Crippen molar-refractivity contribution in [3.63, 3.8) is 0 Å². The van der Waals surface area contributed by atoms with E-state index in [9.17, 15) is 17.6 Å². The molecule has 1 aliphatic carbocycles. The molecule has 0 radical (unpaired) electrons. The van der Waals surface area contributed by atoms with Crippen molar-refractivity contribution < 1.29 is 22.3 Å². The van der Waals surface area contributed by atoms with Crippen LogP contribution in [0.2, 0.25) is 0 Å².